The monoisotopic (exact) mass is 456 g/mol. The topological polar surface area (TPSA) is 144 Å². The summed E-state index contributed by atoms with van der Waals surface area (Å²) in [6.45, 7) is 5.57. The van der Waals surface area contributed by atoms with E-state index in [1.54, 1.807) is 36.4 Å². The van der Waals surface area contributed by atoms with Crippen LogP contribution in [-0.4, -0.2) is 27.1 Å². The normalized spacial score (nSPS) is 11.1. The Morgan fingerprint density at radius 1 is 1.06 bits per heavy atom. The SMILES string of the molecule is CCCC(Nc1cc(Oc2c(C)cc(C#N)cc2C)nc(Nc2ccc(C#N)cc2)n1)C(=O)O. The summed E-state index contributed by atoms with van der Waals surface area (Å²) in [4.78, 5) is 20.5. The van der Waals surface area contributed by atoms with Gasteiger partial charge in [0.05, 0.1) is 23.3 Å². The Morgan fingerprint density at radius 3 is 2.26 bits per heavy atom. The minimum Gasteiger partial charge on any atom is -0.480 e. The van der Waals surface area contributed by atoms with Crippen molar-refractivity contribution in [2.45, 2.75) is 39.7 Å². The first-order valence-electron chi connectivity index (χ1n) is 10.7. The average Bonchev–Trinajstić information content (AvgIpc) is 2.81. The van der Waals surface area contributed by atoms with E-state index in [4.69, 9.17) is 10.00 Å². The third-order valence-electron chi connectivity index (χ3n) is 4.97. The number of nitrogens with zero attached hydrogens (tertiary/aromatic N) is 4. The lowest BCUT2D eigenvalue weighted by Crippen LogP contribution is -2.29. The number of hydrogen-bond donors (Lipinski definition) is 3. The summed E-state index contributed by atoms with van der Waals surface area (Å²) < 4.78 is 6.07. The second kappa shape index (κ2) is 10.8. The Hall–Kier alpha value is -4.63. The first-order chi connectivity index (χ1) is 16.3. The molecule has 3 N–H and O–H groups in total. The van der Waals surface area contributed by atoms with Crippen LogP contribution in [0.25, 0.3) is 0 Å². The van der Waals surface area contributed by atoms with E-state index in [0.29, 0.717) is 35.4 Å². The van der Waals surface area contributed by atoms with E-state index in [-0.39, 0.29) is 17.6 Å². The van der Waals surface area contributed by atoms with Crippen LogP contribution in [0.5, 0.6) is 11.6 Å². The number of anilines is 3. The van der Waals surface area contributed by atoms with Crippen LogP contribution in [-0.2, 0) is 4.79 Å². The minimum absolute atomic E-state index is 0.189. The number of carbonyl (C=O) groups is 1. The molecule has 0 saturated heterocycles. The molecule has 1 heterocycles. The van der Waals surface area contributed by atoms with Gasteiger partial charge in [-0.1, -0.05) is 13.3 Å². The molecule has 0 fully saturated rings. The van der Waals surface area contributed by atoms with Gasteiger partial charge in [-0.2, -0.15) is 20.5 Å². The van der Waals surface area contributed by atoms with Gasteiger partial charge >= 0.3 is 5.97 Å². The zero-order valence-corrected chi connectivity index (χ0v) is 19.1. The highest BCUT2D eigenvalue weighted by molar-refractivity contribution is 5.77. The van der Waals surface area contributed by atoms with Gasteiger partial charge in [-0.05, 0) is 67.8 Å². The lowest BCUT2D eigenvalue weighted by Gasteiger charge is -2.17. The van der Waals surface area contributed by atoms with Gasteiger partial charge in [-0.3, -0.25) is 0 Å². The summed E-state index contributed by atoms with van der Waals surface area (Å²) in [6, 6.07) is 15.1. The van der Waals surface area contributed by atoms with Gasteiger partial charge in [0, 0.05) is 11.8 Å². The standard InChI is InChI=1S/C25H24N6O3/c1-4-5-20(24(32)33)29-21-12-22(34-23-15(2)10-18(14-27)11-16(23)3)31-25(30-21)28-19-8-6-17(13-26)7-9-19/h6-12,20H,4-5H2,1-3H3,(H,32,33)(H2,28,29,30,31). The zero-order valence-electron chi connectivity index (χ0n) is 19.1. The molecular formula is C25H24N6O3. The highest BCUT2D eigenvalue weighted by Crippen LogP contribution is 2.31. The van der Waals surface area contributed by atoms with Gasteiger partial charge in [0.2, 0.25) is 11.8 Å². The number of aryl methyl sites for hydroxylation is 2. The molecule has 0 bridgehead atoms. The second-order valence-electron chi connectivity index (χ2n) is 7.71. The molecule has 0 saturated carbocycles. The van der Waals surface area contributed by atoms with Crippen LogP contribution in [0.2, 0.25) is 0 Å². The summed E-state index contributed by atoms with van der Waals surface area (Å²) in [5.41, 5.74) is 3.22. The number of aromatic nitrogens is 2. The molecule has 0 aliphatic rings. The minimum atomic E-state index is -0.983. The summed E-state index contributed by atoms with van der Waals surface area (Å²) in [6.07, 6.45) is 1.10. The van der Waals surface area contributed by atoms with E-state index in [9.17, 15) is 15.2 Å². The molecule has 3 rings (SSSR count). The van der Waals surface area contributed by atoms with Crippen LogP contribution >= 0.6 is 0 Å². The number of hydrogen-bond acceptors (Lipinski definition) is 8. The number of aliphatic carboxylic acids is 1. The molecule has 34 heavy (non-hydrogen) atoms. The van der Waals surface area contributed by atoms with Crippen LogP contribution in [0, 0.1) is 36.5 Å². The first-order valence-corrected chi connectivity index (χ1v) is 10.7. The predicted octanol–water partition coefficient (Wildman–Crippen LogP) is 5.04. The van der Waals surface area contributed by atoms with Crippen molar-refractivity contribution in [3.63, 3.8) is 0 Å². The summed E-state index contributed by atoms with van der Waals surface area (Å²) >= 11 is 0. The number of carboxylic acids is 1. The molecule has 9 heteroatoms. The van der Waals surface area contributed by atoms with Crippen LogP contribution in [0.4, 0.5) is 17.5 Å². The Labute approximate surface area is 197 Å². The molecular weight excluding hydrogens is 432 g/mol. The molecule has 172 valence electrons. The largest absolute Gasteiger partial charge is 0.480 e. The number of nitrogens with one attached hydrogen (secondary N) is 2. The second-order valence-corrected chi connectivity index (χ2v) is 7.71. The summed E-state index contributed by atoms with van der Waals surface area (Å²) in [7, 11) is 0. The summed E-state index contributed by atoms with van der Waals surface area (Å²) in [5, 5.41) is 33.7. The highest BCUT2D eigenvalue weighted by atomic mass is 16.5. The van der Waals surface area contributed by atoms with Crippen LogP contribution < -0.4 is 15.4 Å². The number of rotatable bonds is 9. The Bertz CT molecular complexity index is 1250. The molecule has 3 aromatic rings. The van der Waals surface area contributed by atoms with Crippen molar-refractivity contribution in [1.82, 2.24) is 9.97 Å². The lowest BCUT2D eigenvalue weighted by atomic mass is 10.1. The Kier molecular flexibility index (Phi) is 7.63. The third-order valence-corrected chi connectivity index (χ3v) is 4.97. The van der Waals surface area contributed by atoms with Crippen LogP contribution in [0.1, 0.15) is 42.0 Å². The van der Waals surface area contributed by atoms with Gasteiger partial charge in [0.25, 0.3) is 0 Å². The van der Waals surface area contributed by atoms with Crippen molar-refractivity contribution < 1.29 is 14.6 Å². The van der Waals surface area contributed by atoms with E-state index >= 15 is 0 Å². The number of nitriles is 2. The molecule has 0 amide bonds. The molecule has 0 aliphatic carbocycles. The number of benzene rings is 2. The average molecular weight is 457 g/mol. The van der Waals surface area contributed by atoms with Crippen molar-refractivity contribution in [2.75, 3.05) is 10.6 Å². The first kappa shape index (κ1) is 24.0. The molecule has 1 unspecified atom stereocenters. The zero-order chi connectivity index (χ0) is 24.7. The van der Waals surface area contributed by atoms with Gasteiger partial charge in [-0.15, -0.1) is 0 Å². The molecule has 1 atom stereocenters. The molecule has 0 radical (unpaired) electrons. The van der Waals surface area contributed by atoms with E-state index in [1.807, 2.05) is 20.8 Å². The Morgan fingerprint density at radius 2 is 1.71 bits per heavy atom. The Balaban J connectivity index is 1.98. The fourth-order valence-electron chi connectivity index (χ4n) is 3.37. The molecule has 0 spiro atoms. The van der Waals surface area contributed by atoms with E-state index in [1.165, 1.54) is 6.07 Å². The van der Waals surface area contributed by atoms with Crippen LogP contribution in [0.3, 0.4) is 0 Å². The van der Waals surface area contributed by atoms with Crippen molar-refractivity contribution in [3.8, 4) is 23.8 Å². The fraction of sp³-hybridized carbons (Fsp3) is 0.240. The summed E-state index contributed by atoms with van der Waals surface area (Å²) in [5.74, 6) is 0.241. The quantitative estimate of drug-likeness (QED) is 0.403. The smallest absolute Gasteiger partial charge is 0.326 e. The van der Waals surface area contributed by atoms with Gasteiger partial charge in [0.15, 0.2) is 0 Å². The van der Waals surface area contributed by atoms with Gasteiger partial charge in [0.1, 0.15) is 17.6 Å². The fourth-order valence-corrected chi connectivity index (χ4v) is 3.37. The molecule has 1 aromatic heterocycles. The predicted molar refractivity (Wildman–Crippen MR) is 127 cm³/mol. The number of carboxylic acid groups (broad SMARTS) is 1. The highest BCUT2D eigenvalue weighted by Gasteiger charge is 2.18. The molecule has 9 nitrogen and oxygen atoms in total. The van der Waals surface area contributed by atoms with E-state index in [0.717, 1.165) is 11.1 Å². The van der Waals surface area contributed by atoms with Crippen molar-refractivity contribution in [2.24, 2.45) is 0 Å². The third kappa shape index (κ3) is 5.99. The number of ether oxygens (including phenoxy) is 1. The maximum atomic E-state index is 11.7. The maximum absolute atomic E-state index is 11.7. The molecule has 2 aromatic carbocycles. The van der Waals surface area contributed by atoms with Crippen molar-refractivity contribution in [1.29, 1.82) is 10.5 Å². The maximum Gasteiger partial charge on any atom is 0.326 e. The van der Waals surface area contributed by atoms with Crippen molar-refractivity contribution in [3.05, 3.63) is 64.7 Å². The van der Waals surface area contributed by atoms with Gasteiger partial charge < -0.3 is 20.5 Å². The van der Waals surface area contributed by atoms with Crippen LogP contribution in [0.15, 0.2) is 42.5 Å². The van der Waals surface area contributed by atoms with Crippen molar-refractivity contribution >= 4 is 23.4 Å². The van der Waals surface area contributed by atoms with E-state index < -0.39 is 12.0 Å². The van der Waals surface area contributed by atoms with Gasteiger partial charge in [-0.25, -0.2) is 4.79 Å². The lowest BCUT2D eigenvalue weighted by molar-refractivity contribution is -0.138. The molecule has 0 aliphatic heterocycles. The van der Waals surface area contributed by atoms with E-state index in [2.05, 4.69) is 32.7 Å².